The second-order valence-corrected chi connectivity index (χ2v) is 4.15. The summed E-state index contributed by atoms with van der Waals surface area (Å²) in [7, 11) is 0. The van der Waals surface area contributed by atoms with Crippen molar-refractivity contribution in [3.05, 3.63) is 41.0 Å². The Hall–Kier alpha value is -1.77. The number of rotatable bonds is 1. The van der Waals surface area contributed by atoms with Gasteiger partial charge in [-0.1, -0.05) is 6.07 Å². The zero-order chi connectivity index (χ0) is 12.0. The summed E-state index contributed by atoms with van der Waals surface area (Å²) in [6.45, 7) is 4.06. The van der Waals surface area contributed by atoms with Gasteiger partial charge in [0.25, 0.3) is 0 Å². The van der Waals surface area contributed by atoms with E-state index in [0.29, 0.717) is 0 Å². The van der Waals surface area contributed by atoms with Gasteiger partial charge in [0.1, 0.15) is 0 Å². The molecule has 0 atom stereocenters. The van der Waals surface area contributed by atoms with Gasteiger partial charge in [0.05, 0.1) is 0 Å². The smallest absolute Gasteiger partial charge is 0.258 e. The topological polar surface area (TPSA) is 47.0 Å². The van der Waals surface area contributed by atoms with Crippen molar-refractivity contribution < 1.29 is 9.59 Å². The molecule has 0 aliphatic heterocycles. The van der Waals surface area contributed by atoms with E-state index in [2.05, 4.69) is 34.6 Å². The lowest BCUT2D eigenvalue weighted by Crippen LogP contribution is -1.86. The van der Waals surface area contributed by atoms with Gasteiger partial charge in [-0.05, 0) is 43.0 Å². The van der Waals surface area contributed by atoms with E-state index < -0.39 is 0 Å². The maximum absolute atomic E-state index is 8.12. The molecule has 0 saturated heterocycles. The van der Waals surface area contributed by atoms with E-state index in [0.717, 1.165) is 11.4 Å². The molecule has 0 N–H and O–H groups in total. The average Bonchev–Trinajstić information content (AvgIpc) is 2.69. The number of hydrogen-bond donors (Lipinski definition) is 0. The van der Waals surface area contributed by atoms with Gasteiger partial charge in [0.2, 0.25) is 0 Å². The minimum Gasteiger partial charge on any atom is -0.258 e. The van der Waals surface area contributed by atoms with E-state index in [1.807, 2.05) is 13.8 Å². The minimum atomic E-state index is 0.250. The van der Waals surface area contributed by atoms with Crippen molar-refractivity contribution in [2.24, 2.45) is 0 Å². The molecule has 0 bridgehead atoms. The highest BCUT2D eigenvalue weighted by Gasteiger charge is 2.00. The molecule has 0 unspecified atom stereocenters. The lowest BCUT2D eigenvalue weighted by molar-refractivity contribution is -0.191. The summed E-state index contributed by atoms with van der Waals surface area (Å²) in [5.74, 6) is 0. The monoisotopic (exact) mass is 233 g/mol. The summed E-state index contributed by atoms with van der Waals surface area (Å²) in [5.41, 5.74) is 3.45. The molecule has 0 fully saturated rings. The zero-order valence-electron chi connectivity index (χ0n) is 9.06. The van der Waals surface area contributed by atoms with E-state index in [-0.39, 0.29) is 6.15 Å². The molecule has 2 rings (SSSR count). The van der Waals surface area contributed by atoms with Crippen LogP contribution < -0.4 is 0 Å². The first-order valence-electron chi connectivity index (χ1n) is 4.66. The fourth-order valence-corrected chi connectivity index (χ4v) is 2.13. The largest absolute Gasteiger partial charge is 0.373 e. The Morgan fingerprint density at radius 2 is 1.75 bits per heavy atom. The summed E-state index contributed by atoms with van der Waals surface area (Å²) >= 11 is 1.77. The Morgan fingerprint density at radius 3 is 2.19 bits per heavy atom. The normalized spacial score (nSPS) is 8.88. The number of hydrogen-bond acceptors (Lipinski definition) is 4. The molecular weight excluding hydrogens is 222 g/mol. The maximum Gasteiger partial charge on any atom is 0.373 e. The molecule has 0 radical (unpaired) electrons. The predicted molar refractivity (Wildman–Crippen MR) is 62.0 cm³/mol. The van der Waals surface area contributed by atoms with Crippen molar-refractivity contribution in [3.8, 4) is 10.4 Å². The van der Waals surface area contributed by atoms with Gasteiger partial charge in [0, 0.05) is 16.3 Å². The van der Waals surface area contributed by atoms with Crippen LogP contribution in [0.4, 0.5) is 0 Å². The second kappa shape index (κ2) is 5.95. The van der Waals surface area contributed by atoms with E-state index >= 15 is 0 Å². The Kier molecular flexibility index (Phi) is 4.58. The third-order valence-electron chi connectivity index (χ3n) is 1.89. The fourth-order valence-electron chi connectivity index (χ4n) is 1.42. The highest BCUT2D eigenvalue weighted by atomic mass is 32.1. The Labute approximate surface area is 97.8 Å². The molecule has 0 spiro atoms. The standard InChI is InChI=1S/C11H11NS.CO2/c1-8-6-10(7-9(2)12-8)11-4-3-5-13-11;2-1-3/h3-7H,1-2H3;. The fraction of sp³-hybridized carbons (Fsp3) is 0.167. The molecule has 16 heavy (non-hydrogen) atoms. The van der Waals surface area contributed by atoms with Crippen LogP contribution in [0.1, 0.15) is 11.4 Å². The average molecular weight is 233 g/mol. The van der Waals surface area contributed by atoms with Crippen molar-refractivity contribution in [3.63, 3.8) is 0 Å². The molecule has 2 aromatic rings. The first-order chi connectivity index (χ1) is 7.67. The Morgan fingerprint density at radius 1 is 1.19 bits per heavy atom. The van der Waals surface area contributed by atoms with Crippen LogP contribution in [-0.2, 0) is 9.59 Å². The lowest BCUT2D eigenvalue weighted by Gasteiger charge is -2.00. The molecule has 0 aromatic carbocycles. The van der Waals surface area contributed by atoms with Crippen LogP contribution in [0.5, 0.6) is 0 Å². The van der Waals surface area contributed by atoms with Crippen LogP contribution in [-0.4, -0.2) is 11.1 Å². The van der Waals surface area contributed by atoms with E-state index in [1.165, 1.54) is 10.4 Å². The van der Waals surface area contributed by atoms with Gasteiger partial charge in [-0.15, -0.1) is 11.3 Å². The molecule has 0 saturated carbocycles. The minimum absolute atomic E-state index is 0.250. The molecule has 4 heteroatoms. The number of nitrogens with zero attached hydrogens (tertiary/aromatic N) is 1. The molecule has 82 valence electrons. The van der Waals surface area contributed by atoms with Crippen LogP contribution >= 0.6 is 11.3 Å². The van der Waals surface area contributed by atoms with Gasteiger partial charge in [-0.25, -0.2) is 0 Å². The Balaban J connectivity index is 0.000000386. The van der Waals surface area contributed by atoms with Crippen molar-refractivity contribution >= 4 is 17.5 Å². The molecule has 3 nitrogen and oxygen atoms in total. The van der Waals surface area contributed by atoms with Crippen molar-refractivity contribution in [2.45, 2.75) is 13.8 Å². The SMILES string of the molecule is Cc1cc(-c2cccs2)cc(C)n1.O=C=O. The molecule has 2 aromatic heterocycles. The number of thiophene rings is 1. The van der Waals surface area contributed by atoms with Crippen molar-refractivity contribution in [2.75, 3.05) is 0 Å². The summed E-state index contributed by atoms with van der Waals surface area (Å²) in [4.78, 5) is 21.9. The molecule has 0 aliphatic rings. The van der Waals surface area contributed by atoms with Crippen molar-refractivity contribution in [1.82, 2.24) is 4.98 Å². The predicted octanol–water partition coefficient (Wildman–Crippen LogP) is 2.84. The van der Waals surface area contributed by atoms with Crippen molar-refractivity contribution in [1.29, 1.82) is 0 Å². The quantitative estimate of drug-likeness (QED) is 0.761. The maximum atomic E-state index is 8.12. The van der Waals surface area contributed by atoms with Crippen LogP contribution in [0.15, 0.2) is 29.6 Å². The van der Waals surface area contributed by atoms with Gasteiger partial charge in [0.15, 0.2) is 0 Å². The number of carbonyl (C=O) groups excluding carboxylic acids is 2. The molecule has 0 amide bonds. The third kappa shape index (κ3) is 3.42. The van der Waals surface area contributed by atoms with E-state index in [4.69, 9.17) is 9.59 Å². The van der Waals surface area contributed by atoms with E-state index in [1.54, 1.807) is 11.3 Å². The molecular formula is C12H11NO2S. The summed E-state index contributed by atoms with van der Waals surface area (Å²) < 4.78 is 0. The molecule has 2 heterocycles. The lowest BCUT2D eigenvalue weighted by atomic mass is 10.2. The third-order valence-corrected chi connectivity index (χ3v) is 2.81. The van der Waals surface area contributed by atoms with Crippen LogP contribution in [0.3, 0.4) is 0 Å². The molecule has 0 aliphatic carbocycles. The van der Waals surface area contributed by atoms with Crippen LogP contribution in [0.2, 0.25) is 0 Å². The summed E-state index contributed by atoms with van der Waals surface area (Å²) in [6.07, 6.45) is 0.250. The van der Waals surface area contributed by atoms with Crippen LogP contribution in [0, 0.1) is 13.8 Å². The van der Waals surface area contributed by atoms with Gasteiger partial charge < -0.3 is 0 Å². The van der Waals surface area contributed by atoms with Gasteiger partial charge >= 0.3 is 6.15 Å². The summed E-state index contributed by atoms with van der Waals surface area (Å²) in [5, 5.41) is 2.10. The number of pyridine rings is 1. The highest BCUT2D eigenvalue weighted by Crippen LogP contribution is 2.25. The van der Waals surface area contributed by atoms with E-state index in [9.17, 15) is 0 Å². The first-order valence-corrected chi connectivity index (χ1v) is 5.53. The van der Waals surface area contributed by atoms with Gasteiger partial charge in [-0.2, -0.15) is 9.59 Å². The van der Waals surface area contributed by atoms with Crippen LogP contribution in [0.25, 0.3) is 10.4 Å². The first kappa shape index (κ1) is 12.3. The summed E-state index contributed by atoms with van der Waals surface area (Å²) in [6, 6.07) is 8.46. The van der Waals surface area contributed by atoms with Gasteiger partial charge in [-0.3, -0.25) is 4.98 Å². The zero-order valence-corrected chi connectivity index (χ0v) is 9.88. The second-order valence-electron chi connectivity index (χ2n) is 3.20. The Bertz CT molecular complexity index is 465. The number of aromatic nitrogens is 1. The highest BCUT2D eigenvalue weighted by molar-refractivity contribution is 7.13. The number of aryl methyl sites for hydroxylation is 2.